The first kappa shape index (κ1) is 17.9. The van der Waals surface area contributed by atoms with Crippen molar-refractivity contribution in [3.05, 3.63) is 56.5 Å². The number of amides is 1. The molecule has 2 aromatic rings. The molecule has 0 heterocycles. The van der Waals surface area contributed by atoms with Crippen molar-refractivity contribution in [1.29, 1.82) is 0 Å². The van der Waals surface area contributed by atoms with Gasteiger partial charge in [-0.2, -0.15) is 13.2 Å². The fraction of sp³-hybridized carbons (Fsp3) is 0.0714. The summed E-state index contributed by atoms with van der Waals surface area (Å²) >= 11 is 14.8. The molecule has 0 atom stereocenters. The van der Waals surface area contributed by atoms with Gasteiger partial charge in [-0.3, -0.25) is 5.32 Å². The van der Waals surface area contributed by atoms with Crippen molar-refractivity contribution in [2.75, 3.05) is 5.32 Å². The van der Waals surface area contributed by atoms with Crippen molar-refractivity contribution in [2.45, 2.75) is 6.18 Å². The van der Waals surface area contributed by atoms with Crippen molar-refractivity contribution in [2.24, 2.45) is 0 Å². The van der Waals surface area contributed by atoms with E-state index in [0.717, 1.165) is 12.1 Å². The third-order valence-corrected chi connectivity index (χ3v) is 3.68. The number of alkyl halides is 3. The van der Waals surface area contributed by atoms with Crippen LogP contribution in [0.2, 0.25) is 10.0 Å². The van der Waals surface area contributed by atoms with E-state index in [2.05, 4.69) is 21.2 Å². The lowest BCUT2D eigenvalue weighted by Gasteiger charge is -2.11. The number of hydrogen-bond acceptors (Lipinski definition) is 2. The predicted octanol–water partition coefficient (Wildman–Crippen LogP) is 6.39. The Morgan fingerprint density at radius 3 is 2.48 bits per heavy atom. The standard InChI is InChI=1S/C14H7BrCl2F3NO2/c15-10-5-8(16)6-11(17)12(10)23-13(22)21-9-3-1-2-7(4-9)14(18,19)20/h1-6H,(H,21,22). The Bertz CT molecular complexity index is 730. The smallest absolute Gasteiger partial charge is 0.407 e. The average Bonchev–Trinajstić information content (AvgIpc) is 2.42. The van der Waals surface area contributed by atoms with Crippen molar-refractivity contribution in [3.8, 4) is 5.75 Å². The lowest BCUT2D eigenvalue weighted by Crippen LogP contribution is -2.17. The van der Waals surface area contributed by atoms with Crippen molar-refractivity contribution in [3.63, 3.8) is 0 Å². The van der Waals surface area contributed by atoms with Crippen LogP contribution in [0.4, 0.5) is 23.7 Å². The fourth-order valence-corrected chi connectivity index (χ4v) is 2.95. The molecule has 0 aliphatic heterocycles. The number of carbonyl (C=O) groups excluding carboxylic acids is 1. The molecule has 122 valence electrons. The Morgan fingerprint density at radius 2 is 1.87 bits per heavy atom. The monoisotopic (exact) mass is 427 g/mol. The number of nitrogens with one attached hydrogen (secondary N) is 1. The molecule has 3 nitrogen and oxygen atoms in total. The van der Waals surface area contributed by atoms with Crippen LogP contribution in [0.25, 0.3) is 0 Å². The third-order valence-electron chi connectivity index (χ3n) is 2.59. The number of carbonyl (C=O) groups is 1. The summed E-state index contributed by atoms with van der Waals surface area (Å²) in [6.07, 6.45) is -5.50. The van der Waals surface area contributed by atoms with Gasteiger partial charge in [-0.05, 0) is 46.3 Å². The zero-order valence-electron chi connectivity index (χ0n) is 11.0. The van der Waals surface area contributed by atoms with Gasteiger partial charge in [-0.15, -0.1) is 0 Å². The van der Waals surface area contributed by atoms with Crippen LogP contribution in [-0.4, -0.2) is 6.09 Å². The normalized spacial score (nSPS) is 11.2. The molecular weight excluding hydrogens is 422 g/mol. The maximum absolute atomic E-state index is 12.6. The first-order valence-electron chi connectivity index (χ1n) is 5.97. The summed E-state index contributed by atoms with van der Waals surface area (Å²) in [4.78, 5) is 11.8. The highest BCUT2D eigenvalue weighted by atomic mass is 79.9. The molecule has 0 spiro atoms. The first-order chi connectivity index (χ1) is 10.7. The van der Waals surface area contributed by atoms with Crippen LogP contribution in [0.1, 0.15) is 5.56 Å². The fourth-order valence-electron chi connectivity index (χ4n) is 1.64. The Balaban J connectivity index is 2.15. The molecule has 1 amide bonds. The summed E-state index contributed by atoms with van der Waals surface area (Å²) in [5, 5.41) is 2.60. The summed E-state index contributed by atoms with van der Waals surface area (Å²) in [6.45, 7) is 0. The van der Waals surface area contributed by atoms with E-state index >= 15 is 0 Å². The molecular formula is C14H7BrCl2F3NO2. The average molecular weight is 429 g/mol. The van der Waals surface area contributed by atoms with Gasteiger partial charge in [-0.1, -0.05) is 29.3 Å². The van der Waals surface area contributed by atoms with E-state index in [9.17, 15) is 18.0 Å². The minimum Gasteiger partial charge on any atom is -0.407 e. The van der Waals surface area contributed by atoms with E-state index < -0.39 is 17.8 Å². The summed E-state index contributed by atoms with van der Waals surface area (Å²) in [7, 11) is 0. The summed E-state index contributed by atoms with van der Waals surface area (Å²) in [6, 6.07) is 6.97. The van der Waals surface area contributed by atoms with E-state index in [1.807, 2.05) is 0 Å². The third kappa shape index (κ3) is 4.76. The second kappa shape index (κ2) is 6.98. The van der Waals surface area contributed by atoms with E-state index in [4.69, 9.17) is 27.9 Å². The maximum atomic E-state index is 12.6. The van der Waals surface area contributed by atoms with Gasteiger partial charge >= 0.3 is 12.3 Å². The molecule has 0 unspecified atom stereocenters. The molecule has 0 aliphatic rings. The quantitative estimate of drug-likeness (QED) is 0.602. The van der Waals surface area contributed by atoms with Crippen molar-refractivity contribution >= 4 is 50.9 Å². The van der Waals surface area contributed by atoms with E-state index in [1.54, 1.807) is 0 Å². The molecule has 9 heteroatoms. The Hall–Kier alpha value is -1.44. The van der Waals surface area contributed by atoms with Crippen molar-refractivity contribution < 1.29 is 22.7 Å². The van der Waals surface area contributed by atoms with E-state index in [-0.39, 0.29) is 16.5 Å². The number of rotatable bonds is 2. The number of anilines is 1. The lowest BCUT2D eigenvalue weighted by atomic mass is 10.2. The largest absolute Gasteiger partial charge is 0.417 e. The van der Waals surface area contributed by atoms with Crippen LogP contribution in [0.5, 0.6) is 5.75 Å². The molecule has 2 aromatic carbocycles. The van der Waals surface area contributed by atoms with Crippen LogP contribution < -0.4 is 10.1 Å². The predicted molar refractivity (Wildman–Crippen MR) is 85.3 cm³/mol. The van der Waals surface area contributed by atoms with Crippen molar-refractivity contribution in [1.82, 2.24) is 0 Å². The Morgan fingerprint density at radius 1 is 1.17 bits per heavy atom. The Kier molecular flexibility index (Phi) is 5.44. The molecule has 0 saturated carbocycles. The van der Waals surface area contributed by atoms with Crippen LogP contribution in [-0.2, 0) is 6.18 Å². The number of hydrogen-bond donors (Lipinski definition) is 1. The molecule has 0 fully saturated rings. The molecule has 0 saturated heterocycles. The van der Waals surface area contributed by atoms with Gasteiger partial charge in [0.25, 0.3) is 0 Å². The zero-order valence-corrected chi connectivity index (χ0v) is 14.1. The second-order valence-corrected chi connectivity index (χ2v) is 5.99. The van der Waals surface area contributed by atoms with Crippen LogP contribution in [0.3, 0.4) is 0 Å². The van der Waals surface area contributed by atoms with E-state index in [0.29, 0.717) is 9.50 Å². The first-order valence-corrected chi connectivity index (χ1v) is 7.52. The molecule has 0 bridgehead atoms. The molecule has 23 heavy (non-hydrogen) atoms. The molecule has 0 aliphatic carbocycles. The van der Waals surface area contributed by atoms with Gasteiger partial charge in [0.2, 0.25) is 0 Å². The lowest BCUT2D eigenvalue weighted by molar-refractivity contribution is -0.137. The summed E-state index contributed by atoms with van der Waals surface area (Å²) < 4.78 is 43.2. The number of benzene rings is 2. The van der Waals surface area contributed by atoms with Gasteiger partial charge in [-0.25, -0.2) is 4.79 Å². The maximum Gasteiger partial charge on any atom is 0.417 e. The van der Waals surface area contributed by atoms with Crippen LogP contribution in [0.15, 0.2) is 40.9 Å². The Labute approximate surface area is 147 Å². The highest BCUT2D eigenvalue weighted by Gasteiger charge is 2.30. The molecule has 1 N–H and O–H groups in total. The molecule has 0 aromatic heterocycles. The highest BCUT2D eigenvalue weighted by Crippen LogP contribution is 2.36. The molecule has 2 rings (SSSR count). The number of ether oxygens (including phenoxy) is 1. The van der Waals surface area contributed by atoms with Gasteiger partial charge < -0.3 is 4.74 Å². The van der Waals surface area contributed by atoms with Gasteiger partial charge in [0.15, 0.2) is 5.75 Å². The highest BCUT2D eigenvalue weighted by molar-refractivity contribution is 9.10. The SMILES string of the molecule is O=C(Nc1cccc(C(F)(F)F)c1)Oc1c(Cl)cc(Cl)cc1Br. The van der Waals surface area contributed by atoms with Crippen LogP contribution >= 0.6 is 39.1 Å². The minimum atomic E-state index is -4.51. The van der Waals surface area contributed by atoms with Gasteiger partial charge in [0.1, 0.15) is 0 Å². The summed E-state index contributed by atoms with van der Waals surface area (Å²) in [5.74, 6) is 0.000502. The number of halogens is 6. The minimum absolute atomic E-state index is 0.000502. The topological polar surface area (TPSA) is 38.3 Å². The zero-order chi connectivity index (χ0) is 17.2. The van der Waals surface area contributed by atoms with Gasteiger partial charge in [0.05, 0.1) is 15.1 Å². The summed E-state index contributed by atoms with van der Waals surface area (Å²) in [5.41, 5.74) is -0.952. The van der Waals surface area contributed by atoms with Gasteiger partial charge in [0, 0.05) is 10.7 Å². The van der Waals surface area contributed by atoms with E-state index in [1.165, 1.54) is 24.3 Å². The molecule has 0 radical (unpaired) electrons. The van der Waals surface area contributed by atoms with Crippen LogP contribution in [0, 0.1) is 0 Å². The second-order valence-electron chi connectivity index (χ2n) is 4.29.